The van der Waals surface area contributed by atoms with Crippen LogP contribution in [0.5, 0.6) is 5.75 Å². The fraction of sp³-hybridized carbons (Fsp3) is 0.500. The Hall–Kier alpha value is -1.58. The first kappa shape index (κ1) is 12.9. The van der Waals surface area contributed by atoms with Crippen molar-refractivity contribution >= 4 is 5.91 Å². The molecule has 18 heavy (non-hydrogen) atoms. The van der Waals surface area contributed by atoms with Gasteiger partial charge in [0, 0.05) is 12.1 Å². The van der Waals surface area contributed by atoms with Gasteiger partial charge >= 0.3 is 0 Å². The molecule has 0 spiro atoms. The molecule has 1 aliphatic carbocycles. The summed E-state index contributed by atoms with van der Waals surface area (Å²) in [6, 6.07) is 4.60. The van der Waals surface area contributed by atoms with E-state index >= 15 is 0 Å². The van der Waals surface area contributed by atoms with Gasteiger partial charge in [-0.2, -0.15) is 0 Å². The number of nitrogens with one attached hydrogen (secondary N) is 1. The van der Waals surface area contributed by atoms with Crippen LogP contribution in [0.25, 0.3) is 0 Å². The Bertz CT molecular complexity index is 428. The van der Waals surface area contributed by atoms with Gasteiger partial charge in [0.05, 0.1) is 0 Å². The van der Waals surface area contributed by atoms with Gasteiger partial charge in [0.1, 0.15) is 11.6 Å². The number of amides is 1. The van der Waals surface area contributed by atoms with Crippen LogP contribution in [0.3, 0.4) is 0 Å². The molecule has 1 fully saturated rings. The quantitative estimate of drug-likeness (QED) is 0.893. The van der Waals surface area contributed by atoms with Crippen LogP contribution in [0.2, 0.25) is 0 Å². The average Bonchev–Trinajstić information content (AvgIpc) is 2.83. The molecule has 0 saturated heterocycles. The Balaban J connectivity index is 1.83. The molecule has 0 heterocycles. The third kappa shape index (κ3) is 3.45. The minimum atomic E-state index is -0.355. The summed E-state index contributed by atoms with van der Waals surface area (Å²) in [7, 11) is 0. The maximum atomic E-state index is 13.0. The molecule has 1 aliphatic rings. The summed E-state index contributed by atoms with van der Waals surface area (Å²) in [5.74, 6) is -0.0612. The van der Waals surface area contributed by atoms with E-state index in [1.807, 2.05) is 6.92 Å². The van der Waals surface area contributed by atoms with Gasteiger partial charge in [0.25, 0.3) is 5.91 Å². The zero-order chi connectivity index (χ0) is 13.0. The summed E-state index contributed by atoms with van der Waals surface area (Å²) in [6.45, 7) is 1.77. The lowest BCUT2D eigenvalue weighted by molar-refractivity contribution is -0.123. The predicted molar refractivity (Wildman–Crippen MR) is 67.0 cm³/mol. The number of halogens is 1. The number of hydrogen-bond acceptors (Lipinski definition) is 2. The molecule has 3 nitrogen and oxygen atoms in total. The first-order valence-electron chi connectivity index (χ1n) is 6.33. The van der Waals surface area contributed by atoms with Crippen LogP contribution in [0.1, 0.15) is 31.2 Å². The van der Waals surface area contributed by atoms with Crippen molar-refractivity contribution in [2.75, 3.05) is 6.61 Å². The fourth-order valence-electron chi connectivity index (χ4n) is 2.21. The predicted octanol–water partition coefficient (Wildman–Crippen LogP) is 2.57. The van der Waals surface area contributed by atoms with Crippen molar-refractivity contribution in [2.45, 2.75) is 38.6 Å². The molecule has 0 radical (unpaired) electrons. The normalized spacial score (nSPS) is 15.7. The van der Waals surface area contributed by atoms with E-state index in [1.54, 1.807) is 6.07 Å². The fourth-order valence-corrected chi connectivity index (χ4v) is 2.21. The zero-order valence-electron chi connectivity index (χ0n) is 10.5. The Morgan fingerprint density at radius 2 is 2.17 bits per heavy atom. The molecule has 1 aromatic carbocycles. The third-order valence-corrected chi connectivity index (χ3v) is 3.23. The van der Waals surface area contributed by atoms with E-state index in [0.29, 0.717) is 5.75 Å². The van der Waals surface area contributed by atoms with Gasteiger partial charge in [0.15, 0.2) is 6.61 Å². The molecule has 2 rings (SSSR count). The molecule has 0 aliphatic heterocycles. The van der Waals surface area contributed by atoms with Crippen LogP contribution in [0, 0.1) is 12.7 Å². The minimum absolute atomic E-state index is 0.0548. The van der Waals surface area contributed by atoms with Crippen LogP contribution < -0.4 is 10.1 Å². The second kappa shape index (κ2) is 5.85. The van der Waals surface area contributed by atoms with Gasteiger partial charge in [-0.3, -0.25) is 4.79 Å². The van der Waals surface area contributed by atoms with Crippen LogP contribution in [-0.2, 0) is 4.79 Å². The monoisotopic (exact) mass is 251 g/mol. The summed E-state index contributed by atoms with van der Waals surface area (Å²) in [6.07, 6.45) is 4.44. The van der Waals surface area contributed by atoms with Gasteiger partial charge in [0.2, 0.25) is 0 Å². The molecule has 98 valence electrons. The van der Waals surface area contributed by atoms with E-state index < -0.39 is 0 Å². The Kier molecular flexibility index (Phi) is 4.18. The Morgan fingerprint density at radius 3 is 2.89 bits per heavy atom. The molecule has 0 atom stereocenters. The molecule has 1 amide bonds. The molecule has 1 saturated carbocycles. The van der Waals surface area contributed by atoms with E-state index in [9.17, 15) is 9.18 Å². The number of benzene rings is 1. The van der Waals surface area contributed by atoms with Crippen molar-refractivity contribution in [1.29, 1.82) is 0 Å². The van der Waals surface area contributed by atoms with Crippen molar-refractivity contribution in [1.82, 2.24) is 5.32 Å². The van der Waals surface area contributed by atoms with Crippen LogP contribution in [0.4, 0.5) is 4.39 Å². The molecule has 1 N–H and O–H groups in total. The van der Waals surface area contributed by atoms with Crippen LogP contribution in [-0.4, -0.2) is 18.6 Å². The van der Waals surface area contributed by atoms with Gasteiger partial charge in [-0.1, -0.05) is 18.9 Å². The summed E-state index contributed by atoms with van der Waals surface area (Å²) < 4.78 is 18.4. The second-order valence-electron chi connectivity index (χ2n) is 4.75. The highest BCUT2D eigenvalue weighted by molar-refractivity contribution is 5.77. The van der Waals surface area contributed by atoms with Gasteiger partial charge < -0.3 is 10.1 Å². The van der Waals surface area contributed by atoms with Crippen LogP contribution >= 0.6 is 0 Å². The average molecular weight is 251 g/mol. The van der Waals surface area contributed by atoms with Gasteiger partial charge in [-0.25, -0.2) is 4.39 Å². The number of carbonyl (C=O) groups excluding carboxylic acids is 1. The largest absolute Gasteiger partial charge is 0.483 e. The van der Waals surface area contributed by atoms with Crippen molar-refractivity contribution in [3.63, 3.8) is 0 Å². The zero-order valence-corrected chi connectivity index (χ0v) is 10.5. The highest BCUT2D eigenvalue weighted by atomic mass is 19.1. The smallest absolute Gasteiger partial charge is 0.258 e. The second-order valence-corrected chi connectivity index (χ2v) is 4.75. The summed E-state index contributed by atoms with van der Waals surface area (Å²) in [4.78, 5) is 11.6. The van der Waals surface area contributed by atoms with Crippen molar-refractivity contribution < 1.29 is 13.9 Å². The van der Waals surface area contributed by atoms with Crippen molar-refractivity contribution in [3.8, 4) is 5.75 Å². The number of aryl methyl sites for hydroxylation is 1. The number of ether oxygens (including phenoxy) is 1. The third-order valence-electron chi connectivity index (χ3n) is 3.23. The molecule has 4 heteroatoms. The number of hydrogen-bond donors (Lipinski definition) is 1. The molecule has 0 aromatic heterocycles. The van der Waals surface area contributed by atoms with E-state index in [4.69, 9.17) is 4.74 Å². The highest BCUT2D eigenvalue weighted by Gasteiger charge is 2.17. The van der Waals surface area contributed by atoms with E-state index in [1.165, 1.54) is 25.0 Å². The number of carbonyl (C=O) groups is 1. The van der Waals surface area contributed by atoms with E-state index in [0.717, 1.165) is 18.4 Å². The standard InChI is InChI=1S/C14H18FNO2/c1-10-6-7-11(15)8-13(10)18-9-14(17)16-12-4-2-3-5-12/h6-8,12H,2-5,9H2,1H3,(H,16,17). The van der Waals surface area contributed by atoms with E-state index in [-0.39, 0.29) is 24.4 Å². The number of rotatable bonds is 4. The summed E-state index contributed by atoms with van der Waals surface area (Å²) in [5, 5.41) is 2.93. The lowest BCUT2D eigenvalue weighted by Crippen LogP contribution is -2.36. The maximum Gasteiger partial charge on any atom is 0.258 e. The molecule has 1 aromatic rings. The van der Waals surface area contributed by atoms with Crippen molar-refractivity contribution in [2.24, 2.45) is 0 Å². The van der Waals surface area contributed by atoms with Gasteiger partial charge in [-0.05, 0) is 31.4 Å². The highest BCUT2D eigenvalue weighted by Crippen LogP contribution is 2.19. The van der Waals surface area contributed by atoms with Crippen molar-refractivity contribution in [3.05, 3.63) is 29.6 Å². The summed E-state index contributed by atoms with van der Waals surface area (Å²) >= 11 is 0. The lowest BCUT2D eigenvalue weighted by atomic mass is 10.2. The van der Waals surface area contributed by atoms with Gasteiger partial charge in [-0.15, -0.1) is 0 Å². The molecular formula is C14H18FNO2. The molecular weight excluding hydrogens is 233 g/mol. The lowest BCUT2D eigenvalue weighted by Gasteiger charge is -2.13. The first-order chi connectivity index (χ1) is 8.65. The minimum Gasteiger partial charge on any atom is -0.483 e. The molecule has 0 bridgehead atoms. The SMILES string of the molecule is Cc1ccc(F)cc1OCC(=O)NC1CCCC1. The Labute approximate surface area is 106 Å². The van der Waals surface area contributed by atoms with Crippen LogP contribution in [0.15, 0.2) is 18.2 Å². The maximum absolute atomic E-state index is 13.0. The van der Waals surface area contributed by atoms with E-state index in [2.05, 4.69) is 5.32 Å². The summed E-state index contributed by atoms with van der Waals surface area (Å²) in [5.41, 5.74) is 0.824. The first-order valence-corrected chi connectivity index (χ1v) is 6.33. The molecule has 0 unspecified atom stereocenters. The Morgan fingerprint density at radius 1 is 1.44 bits per heavy atom. The topological polar surface area (TPSA) is 38.3 Å².